The summed E-state index contributed by atoms with van der Waals surface area (Å²) in [6.07, 6.45) is 1.18. The molecule has 0 aliphatic carbocycles. The Morgan fingerprint density at radius 3 is 2.42 bits per heavy atom. The molecule has 3 rings (SSSR count). The van der Waals surface area contributed by atoms with E-state index in [2.05, 4.69) is 6.07 Å². The second kappa shape index (κ2) is 4.84. The van der Waals surface area contributed by atoms with Crippen molar-refractivity contribution in [2.45, 2.75) is 32.2 Å². The number of hydrogen-bond acceptors (Lipinski definition) is 6. The molecule has 122 valence electrons. The van der Waals surface area contributed by atoms with E-state index >= 15 is 0 Å². The van der Waals surface area contributed by atoms with Crippen LogP contribution in [0.1, 0.15) is 32.1 Å². The molecule has 7 nitrogen and oxygen atoms in total. The first-order valence-corrected chi connectivity index (χ1v) is 7.70. The zero-order valence-electron chi connectivity index (χ0n) is 13.7. The van der Waals surface area contributed by atoms with Crippen LogP contribution in [-0.4, -0.2) is 16.3 Å². The largest absolute Gasteiger partial charge is 0.447 e. The van der Waals surface area contributed by atoms with Crippen LogP contribution in [0, 0.1) is 56.2 Å². The van der Waals surface area contributed by atoms with Crippen molar-refractivity contribution in [3.63, 3.8) is 0 Å². The van der Waals surface area contributed by atoms with Crippen LogP contribution < -0.4 is 0 Å². The van der Waals surface area contributed by atoms with Gasteiger partial charge in [0.1, 0.15) is 6.10 Å². The van der Waals surface area contributed by atoms with Crippen LogP contribution in [0.25, 0.3) is 0 Å². The number of hydrogen-bond donors (Lipinski definition) is 1. The molecule has 2 aliphatic rings. The lowest BCUT2D eigenvalue weighted by Crippen LogP contribution is -2.58. The molecule has 4 atom stereocenters. The van der Waals surface area contributed by atoms with Gasteiger partial charge in [0.15, 0.2) is 5.41 Å². The monoisotopic (exact) mass is 323 g/mol. The van der Waals surface area contributed by atoms with Crippen molar-refractivity contribution >= 4 is 5.90 Å². The third-order valence-electron chi connectivity index (χ3n) is 5.55. The summed E-state index contributed by atoms with van der Waals surface area (Å²) in [5.41, 5.74) is -2.96. The van der Waals surface area contributed by atoms with Gasteiger partial charge in [-0.05, 0) is 12.1 Å². The number of ether oxygens (including phenoxy) is 2. The Morgan fingerprint density at radius 1 is 1.29 bits per heavy atom. The number of rotatable bonds is 2. The van der Waals surface area contributed by atoms with E-state index in [-0.39, 0.29) is 5.90 Å². The SMILES string of the molecule is CCC12OC(=N)C(C#N)(C1C)C(C#N)(C#N)C(c1cccn1C)O2. The van der Waals surface area contributed by atoms with Crippen molar-refractivity contribution in [1.29, 1.82) is 21.2 Å². The fourth-order valence-electron chi connectivity index (χ4n) is 4.05. The van der Waals surface area contributed by atoms with Gasteiger partial charge in [-0.25, -0.2) is 0 Å². The lowest BCUT2D eigenvalue weighted by molar-refractivity contribution is -0.281. The second-order valence-corrected chi connectivity index (χ2v) is 6.31. The predicted molar refractivity (Wildman–Crippen MR) is 81.9 cm³/mol. The molecule has 4 unspecified atom stereocenters. The van der Waals surface area contributed by atoms with E-state index in [1.807, 2.05) is 19.1 Å². The lowest BCUT2D eigenvalue weighted by Gasteiger charge is -2.48. The third kappa shape index (κ3) is 1.45. The van der Waals surface area contributed by atoms with Crippen LogP contribution in [0.5, 0.6) is 0 Å². The number of nitrogens with one attached hydrogen (secondary N) is 1. The minimum atomic E-state index is -1.88. The highest BCUT2D eigenvalue weighted by Crippen LogP contribution is 2.66. The van der Waals surface area contributed by atoms with E-state index in [4.69, 9.17) is 14.9 Å². The summed E-state index contributed by atoms with van der Waals surface area (Å²) in [4.78, 5) is 0. The highest BCUT2D eigenvalue weighted by Gasteiger charge is 2.79. The molecule has 2 saturated heterocycles. The van der Waals surface area contributed by atoms with Gasteiger partial charge in [0, 0.05) is 25.4 Å². The summed E-state index contributed by atoms with van der Waals surface area (Å²) in [7, 11) is 1.78. The van der Waals surface area contributed by atoms with Gasteiger partial charge in [-0.1, -0.05) is 13.8 Å². The van der Waals surface area contributed by atoms with Crippen LogP contribution in [0.15, 0.2) is 18.3 Å². The van der Waals surface area contributed by atoms with E-state index < -0.39 is 28.6 Å². The number of nitriles is 3. The van der Waals surface area contributed by atoms with Crippen molar-refractivity contribution in [2.75, 3.05) is 0 Å². The van der Waals surface area contributed by atoms with Crippen LogP contribution in [0.3, 0.4) is 0 Å². The molecule has 1 N–H and O–H groups in total. The zero-order valence-corrected chi connectivity index (χ0v) is 13.7. The molecule has 24 heavy (non-hydrogen) atoms. The van der Waals surface area contributed by atoms with E-state index in [0.29, 0.717) is 12.1 Å². The fourth-order valence-corrected chi connectivity index (χ4v) is 4.05. The molecule has 0 spiro atoms. The lowest BCUT2D eigenvalue weighted by atomic mass is 9.54. The average molecular weight is 323 g/mol. The van der Waals surface area contributed by atoms with Gasteiger partial charge in [-0.3, -0.25) is 5.41 Å². The molecule has 2 fully saturated rings. The Morgan fingerprint density at radius 2 is 1.96 bits per heavy atom. The maximum absolute atomic E-state index is 9.97. The van der Waals surface area contributed by atoms with Gasteiger partial charge in [-0.15, -0.1) is 0 Å². The van der Waals surface area contributed by atoms with Crippen molar-refractivity contribution < 1.29 is 9.47 Å². The first-order chi connectivity index (χ1) is 11.4. The standard InChI is InChI=1S/C17H17N5O2/c1-4-17-11(2)16(10-20,14(21)24-17)15(8-18,9-19)13(23-17)12-6-5-7-22(12)3/h5-7,11,13,21H,4H2,1-3H3. The Balaban J connectivity index is 2.36. The van der Waals surface area contributed by atoms with Gasteiger partial charge in [-0.2, -0.15) is 15.8 Å². The normalized spacial score (nSPS) is 36.2. The minimum Gasteiger partial charge on any atom is -0.447 e. The Bertz CT molecular complexity index is 824. The smallest absolute Gasteiger partial charge is 0.217 e. The molecule has 1 aromatic heterocycles. The maximum Gasteiger partial charge on any atom is 0.217 e. The zero-order chi connectivity index (χ0) is 17.8. The number of aromatic nitrogens is 1. The van der Waals surface area contributed by atoms with Gasteiger partial charge < -0.3 is 14.0 Å². The van der Waals surface area contributed by atoms with E-state index in [0.717, 1.165) is 0 Å². The molecule has 0 amide bonds. The molecule has 1 aromatic rings. The van der Waals surface area contributed by atoms with Gasteiger partial charge in [0.25, 0.3) is 0 Å². The maximum atomic E-state index is 9.97. The average Bonchev–Trinajstić information content (AvgIpc) is 3.07. The van der Waals surface area contributed by atoms with E-state index in [1.54, 1.807) is 36.9 Å². The summed E-state index contributed by atoms with van der Waals surface area (Å²) in [6, 6.07) is 9.64. The first-order valence-electron chi connectivity index (χ1n) is 7.70. The van der Waals surface area contributed by atoms with Crippen molar-refractivity contribution in [3.05, 3.63) is 24.0 Å². The summed E-state index contributed by atoms with van der Waals surface area (Å²) in [5, 5.41) is 38.1. The molecule has 0 radical (unpaired) electrons. The van der Waals surface area contributed by atoms with Gasteiger partial charge >= 0.3 is 0 Å². The number of nitrogens with zero attached hydrogens (tertiary/aromatic N) is 4. The summed E-state index contributed by atoms with van der Waals surface area (Å²) < 4.78 is 13.6. The molecule has 7 heteroatoms. The molecular formula is C17H17N5O2. The molecule has 2 aliphatic heterocycles. The predicted octanol–water partition coefficient (Wildman–Crippen LogP) is 2.39. The van der Waals surface area contributed by atoms with E-state index in [1.165, 1.54) is 0 Å². The molecular weight excluding hydrogens is 306 g/mol. The van der Waals surface area contributed by atoms with Gasteiger partial charge in [0.2, 0.25) is 17.1 Å². The summed E-state index contributed by atoms with van der Waals surface area (Å²) >= 11 is 0. The Kier molecular flexibility index (Phi) is 3.23. The highest BCUT2D eigenvalue weighted by atomic mass is 16.7. The van der Waals surface area contributed by atoms with Crippen LogP contribution in [0.4, 0.5) is 0 Å². The topological polar surface area (TPSA) is 119 Å². The van der Waals surface area contributed by atoms with Crippen LogP contribution in [0.2, 0.25) is 0 Å². The van der Waals surface area contributed by atoms with Crippen molar-refractivity contribution in [1.82, 2.24) is 4.57 Å². The highest BCUT2D eigenvalue weighted by molar-refractivity contribution is 5.89. The quantitative estimate of drug-likeness (QED) is 0.896. The number of fused-ring (bicyclic) bond motifs is 2. The Hall–Kier alpha value is -2.82. The van der Waals surface area contributed by atoms with Gasteiger partial charge in [0.05, 0.1) is 24.1 Å². The Labute approximate surface area is 140 Å². The van der Waals surface area contributed by atoms with E-state index in [9.17, 15) is 15.8 Å². The third-order valence-corrected chi connectivity index (χ3v) is 5.55. The van der Waals surface area contributed by atoms with Crippen LogP contribution in [-0.2, 0) is 16.5 Å². The molecule has 2 bridgehead atoms. The molecule has 0 aromatic carbocycles. The van der Waals surface area contributed by atoms with Crippen LogP contribution >= 0.6 is 0 Å². The fraction of sp³-hybridized carbons (Fsp3) is 0.529. The van der Waals surface area contributed by atoms with Crippen molar-refractivity contribution in [2.24, 2.45) is 23.8 Å². The first kappa shape index (κ1) is 16.1. The molecule has 0 saturated carbocycles. The second-order valence-electron chi connectivity index (χ2n) is 6.31. The summed E-state index contributed by atoms with van der Waals surface area (Å²) in [6.45, 7) is 3.55. The minimum absolute atomic E-state index is 0.362. The summed E-state index contributed by atoms with van der Waals surface area (Å²) in [5.74, 6) is -2.18. The molecule has 3 heterocycles. The van der Waals surface area contributed by atoms with Crippen molar-refractivity contribution in [3.8, 4) is 18.2 Å². The number of aryl methyl sites for hydroxylation is 1.